The Hall–Kier alpha value is -2.20. The zero-order chi connectivity index (χ0) is 22.2. The van der Waals surface area contributed by atoms with Crippen molar-refractivity contribution in [1.29, 1.82) is 0 Å². The molecule has 0 amide bonds. The topological polar surface area (TPSA) is 85.9 Å². The number of rotatable bonds is 7. The summed E-state index contributed by atoms with van der Waals surface area (Å²) in [7, 11) is 0. The minimum Gasteiger partial charge on any atom is -0.367 e. The number of ether oxygens (including phenoxy) is 1. The monoisotopic (exact) mass is 499 g/mol. The van der Waals surface area contributed by atoms with Gasteiger partial charge in [0.15, 0.2) is 5.34 Å². The zero-order valence-electron chi connectivity index (χ0n) is 15.8. The summed E-state index contributed by atoms with van der Waals surface area (Å²) in [6.07, 6.45) is 5.17. The molecule has 0 saturated heterocycles. The highest BCUT2D eigenvalue weighted by molar-refractivity contribution is 7.18. The second-order valence-electron chi connectivity index (χ2n) is 6.26. The molecular weight excluding hydrogens is 485 g/mol. The molecule has 31 heavy (non-hydrogen) atoms. The molecule has 0 bridgehead atoms. The van der Waals surface area contributed by atoms with Gasteiger partial charge in [-0.2, -0.15) is 10.2 Å². The van der Waals surface area contributed by atoms with Crippen LogP contribution >= 0.6 is 46.1 Å². The first kappa shape index (κ1) is 23.5. The van der Waals surface area contributed by atoms with Crippen molar-refractivity contribution in [3.8, 4) is 0 Å². The van der Waals surface area contributed by atoms with Crippen LogP contribution in [0.25, 0.3) is 10.1 Å². The van der Waals surface area contributed by atoms with E-state index in [1.165, 1.54) is 0 Å². The maximum Gasteiger partial charge on any atom is 0.190 e. The maximum atomic E-state index is 8.45. The highest BCUT2D eigenvalue weighted by atomic mass is 35.5. The van der Waals surface area contributed by atoms with Crippen LogP contribution in [0.2, 0.25) is 15.1 Å². The molecule has 0 aliphatic heterocycles. The molecule has 2 heterocycles. The lowest BCUT2D eigenvalue weighted by atomic mass is 10.1. The predicted molar refractivity (Wildman–Crippen MR) is 123 cm³/mol. The van der Waals surface area contributed by atoms with Gasteiger partial charge in [0, 0.05) is 28.0 Å². The third-order valence-corrected chi connectivity index (χ3v) is 6.42. The number of halogens is 3. The Morgan fingerprint density at radius 2 is 2.00 bits per heavy atom. The normalized spacial score (nSPS) is 11.6. The average Bonchev–Trinajstić information content (AvgIpc) is 3.42. The van der Waals surface area contributed by atoms with Gasteiger partial charge >= 0.3 is 0 Å². The minimum absolute atomic E-state index is 0.238. The lowest BCUT2D eigenvalue weighted by molar-refractivity contribution is -0.245. The molecule has 0 saturated carbocycles. The fourth-order valence-corrected chi connectivity index (χ4v) is 4.77. The van der Waals surface area contributed by atoms with E-state index in [0.29, 0.717) is 23.2 Å². The van der Waals surface area contributed by atoms with Crippen LogP contribution in [-0.2, 0) is 22.9 Å². The quantitative estimate of drug-likeness (QED) is 0.165. The number of fused-ring (bicyclic) bond motifs is 1. The smallest absolute Gasteiger partial charge is 0.190 e. The van der Waals surface area contributed by atoms with Crippen molar-refractivity contribution in [2.75, 3.05) is 0 Å². The molecule has 0 aliphatic carbocycles. The number of benzene rings is 2. The number of hydrogen-bond acceptors (Lipinski definition) is 7. The van der Waals surface area contributed by atoms with Crippen LogP contribution in [0.3, 0.4) is 0 Å². The summed E-state index contributed by atoms with van der Waals surface area (Å²) in [5.74, 6) is 0. The first-order chi connectivity index (χ1) is 15.0. The van der Waals surface area contributed by atoms with Gasteiger partial charge in [-0.15, -0.1) is 16.2 Å². The summed E-state index contributed by atoms with van der Waals surface area (Å²) in [5, 5.41) is 13.6. The summed E-state index contributed by atoms with van der Waals surface area (Å²) in [4.78, 5) is 15.2. The van der Waals surface area contributed by atoms with E-state index < -0.39 is 0 Å². The van der Waals surface area contributed by atoms with Crippen molar-refractivity contribution < 1.29 is 15.0 Å². The van der Waals surface area contributed by atoms with Crippen LogP contribution in [0, 0.1) is 4.91 Å². The number of aromatic nitrogens is 2. The second-order valence-corrected chi connectivity index (χ2v) is 8.39. The molecule has 0 spiro atoms. The molecule has 1 N–H and O–H groups in total. The van der Waals surface area contributed by atoms with Crippen molar-refractivity contribution in [1.82, 2.24) is 9.55 Å². The molecule has 1 atom stereocenters. The first-order valence-corrected chi connectivity index (χ1v) is 10.8. The second kappa shape index (κ2) is 11.4. The highest BCUT2D eigenvalue weighted by Crippen LogP contribution is 2.35. The Morgan fingerprint density at radius 1 is 1.19 bits per heavy atom. The van der Waals surface area contributed by atoms with E-state index in [2.05, 4.69) is 21.4 Å². The third-order valence-electron chi connectivity index (χ3n) is 4.35. The fourth-order valence-electron chi connectivity index (χ4n) is 2.97. The van der Waals surface area contributed by atoms with Crippen LogP contribution in [0.4, 0.5) is 0 Å². The highest BCUT2D eigenvalue weighted by Gasteiger charge is 2.18. The van der Waals surface area contributed by atoms with E-state index in [9.17, 15) is 0 Å². The molecule has 4 rings (SSSR count). The fraction of sp³-hybridized carbons (Fsp3) is 0.150. The standard InChI is InChI=1S/C20H15Cl3N2OS.HNO3/c21-14-4-5-16(18(23)8-14)19(9-25-7-6-24-12-25)26-10-13-11-27-20-15(13)2-1-3-17(20)22;2-1-4-3/h1-8,11-12,19H,9-10H2;3H/t19-;/m0./s1. The van der Waals surface area contributed by atoms with Gasteiger partial charge in [-0.3, -0.25) is 0 Å². The average molecular weight is 501 g/mol. The molecule has 11 heteroatoms. The molecule has 4 aromatic rings. The van der Waals surface area contributed by atoms with Gasteiger partial charge < -0.3 is 9.30 Å². The summed E-state index contributed by atoms with van der Waals surface area (Å²) < 4.78 is 9.35. The largest absolute Gasteiger partial charge is 0.367 e. The molecule has 0 fully saturated rings. The lowest BCUT2D eigenvalue weighted by Gasteiger charge is -2.20. The van der Waals surface area contributed by atoms with Gasteiger partial charge in [0.05, 0.1) is 29.2 Å². The summed E-state index contributed by atoms with van der Waals surface area (Å²) in [6, 6.07) is 11.4. The van der Waals surface area contributed by atoms with Crippen LogP contribution < -0.4 is 0 Å². The molecule has 2 aromatic heterocycles. The van der Waals surface area contributed by atoms with E-state index in [1.54, 1.807) is 35.3 Å². The van der Waals surface area contributed by atoms with Crippen LogP contribution in [0.1, 0.15) is 17.2 Å². The molecule has 162 valence electrons. The number of nitrogens with zero attached hydrogens (tertiary/aromatic N) is 3. The van der Waals surface area contributed by atoms with Gasteiger partial charge in [-0.1, -0.05) is 53.0 Å². The van der Waals surface area contributed by atoms with E-state index >= 15 is 0 Å². The minimum atomic E-state index is -0.238. The Labute approximate surface area is 196 Å². The van der Waals surface area contributed by atoms with Crippen molar-refractivity contribution in [2.24, 2.45) is 5.34 Å². The van der Waals surface area contributed by atoms with Crippen molar-refractivity contribution >= 4 is 56.2 Å². The molecule has 0 aliphatic rings. The van der Waals surface area contributed by atoms with E-state index in [4.69, 9.17) is 49.7 Å². The Morgan fingerprint density at radius 3 is 2.68 bits per heavy atom. The summed E-state index contributed by atoms with van der Waals surface area (Å²) in [5.41, 5.74) is 2.01. The molecule has 0 radical (unpaired) electrons. The molecular formula is C20H16Cl3N3O4S. The predicted octanol–water partition coefficient (Wildman–Crippen LogP) is 7.17. The Bertz CT molecular complexity index is 1140. The number of hydrogen-bond donors (Lipinski definition) is 1. The molecule has 2 aromatic carbocycles. The van der Waals surface area contributed by atoms with E-state index in [1.807, 2.05) is 35.0 Å². The SMILES string of the molecule is Clc1ccc([C@H](Cn2ccnc2)OCc2csc3c(Cl)cccc23)c(Cl)c1.O=NOO. The lowest BCUT2D eigenvalue weighted by Crippen LogP contribution is -2.12. The molecule has 7 nitrogen and oxygen atoms in total. The van der Waals surface area contributed by atoms with Gasteiger partial charge in [-0.25, -0.2) is 4.98 Å². The van der Waals surface area contributed by atoms with E-state index in [-0.39, 0.29) is 6.10 Å². The van der Waals surface area contributed by atoms with Crippen molar-refractivity contribution in [3.63, 3.8) is 0 Å². The number of thiophene rings is 1. The van der Waals surface area contributed by atoms with Crippen LogP contribution in [-0.4, -0.2) is 14.8 Å². The molecule has 0 unspecified atom stereocenters. The van der Waals surface area contributed by atoms with Crippen molar-refractivity contribution in [3.05, 3.63) is 91.6 Å². The Balaban J connectivity index is 0.000000628. The van der Waals surface area contributed by atoms with Gasteiger partial charge in [0.2, 0.25) is 0 Å². The van der Waals surface area contributed by atoms with Gasteiger partial charge in [0.1, 0.15) is 6.10 Å². The third kappa shape index (κ3) is 6.16. The number of imidazole rings is 1. The van der Waals surface area contributed by atoms with Crippen molar-refractivity contribution in [2.45, 2.75) is 19.3 Å². The summed E-state index contributed by atoms with van der Waals surface area (Å²) in [6.45, 7) is 1.06. The van der Waals surface area contributed by atoms with Crippen LogP contribution in [0.15, 0.2) is 65.8 Å². The Kier molecular flexibility index (Phi) is 8.65. The first-order valence-electron chi connectivity index (χ1n) is 8.83. The van der Waals surface area contributed by atoms with Gasteiger partial charge in [-0.05, 0) is 34.5 Å². The van der Waals surface area contributed by atoms with Gasteiger partial charge in [0.25, 0.3) is 0 Å². The summed E-state index contributed by atoms with van der Waals surface area (Å²) >= 11 is 20.4. The zero-order valence-corrected chi connectivity index (χ0v) is 18.9. The van der Waals surface area contributed by atoms with E-state index in [0.717, 1.165) is 26.2 Å². The maximum absolute atomic E-state index is 8.45. The van der Waals surface area contributed by atoms with Crippen LogP contribution in [0.5, 0.6) is 0 Å².